The molecule has 1 fully saturated rings. The van der Waals surface area contributed by atoms with Gasteiger partial charge in [0.2, 0.25) is 11.8 Å². The maximum Gasteiger partial charge on any atom is 0.269 e. The maximum atomic E-state index is 14.1. The fraction of sp³-hybridized carbons (Fsp3) is 0.351. The number of fused-ring (bicyclic) bond motifs is 1. The minimum atomic E-state index is -0.854. The van der Waals surface area contributed by atoms with Crippen LogP contribution in [0.5, 0.6) is 11.6 Å². The highest BCUT2D eigenvalue weighted by molar-refractivity contribution is 7.13. The Bertz CT molecular complexity index is 2970. The molecule has 4 atom stereocenters. The lowest BCUT2D eigenvalue weighted by atomic mass is 9.91. The van der Waals surface area contributed by atoms with Crippen LogP contribution in [0.25, 0.3) is 22.1 Å². The summed E-state index contributed by atoms with van der Waals surface area (Å²) in [6, 6.07) is 29.8. The predicted octanol–water partition coefficient (Wildman–Crippen LogP) is 8.74. The molecule has 0 radical (unpaired) electrons. The molecule has 0 spiro atoms. The number of aliphatic hydroxyl groups is 1. The van der Waals surface area contributed by atoms with Crippen LogP contribution in [0, 0.1) is 23.0 Å². The Morgan fingerprint density at radius 3 is 2.22 bits per heavy atom. The molecule has 2 aliphatic rings. The Morgan fingerprint density at radius 1 is 0.895 bits per heavy atom. The molecule has 0 bridgehead atoms. The quantitative estimate of drug-likeness (QED) is 0.0225. The highest BCUT2D eigenvalue weighted by atomic mass is 32.1. The number of amides is 3. The van der Waals surface area contributed by atoms with E-state index in [9.17, 15) is 29.6 Å². The first-order valence-corrected chi connectivity index (χ1v) is 26.1. The van der Waals surface area contributed by atoms with Crippen molar-refractivity contribution in [2.45, 2.75) is 64.8 Å². The number of ether oxygens (including phenoxy) is 5. The van der Waals surface area contributed by atoms with Crippen molar-refractivity contribution in [1.82, 2.24) is 20.4 Å². The van der Waals surface area contributed by atoms with E-state index >= 15 is 0 Å². The van der Waals surface area contributed by atoms with Crippen molar-refractivity contribution in [2.75, 3.05) is 64.3 Å². The first kappa shape index (κ1) is 54.7. The zero-order valence-corrected chi connectivity index (χ0v) is 43.7. The molecule has 1 saturated heterocycles. The first-order chi connectivity index (χ1) is 36.8. The number of non-ortho nitro benzene ring substituents is 1. The van der Waals surface area contributed by atoms with Gasteiger partial charge in [0.1, 0.15) is 30.9 Å². The molecule has 0 aliphatic carbocycles. The SMILES string of the molecule is Cc1ncsc1-c1ccc([C@H](C)NC(=O)[C@@H]2C[C@@H](O)CN2C(=O)C(c2cc(OCCOCCOCCOCCOc3ccc(CN4C(=O)C(=C/C=C/c5ccc([N+](=O)[O-])cc5)c5ccccc54)cc3)no2)C(C)C)cc1. The number of carbonyl (C=O) groups is 3. The molecule has 2 aromatic heterocycles. The fourth-order valence-corrected chi connectivity index (χ4v) is 9.84. The molecule has 8 rings (SSSR count). The number of benzene rings is 4. The van der Waals surface area contributed by atoms with Gasteiger partial charge in [-0.05, 0) is 83.6 Å². The van der Waals surface area contributed by atoms with E-state index in [1.165, 1.54) is 17.0 Å². The van der Waals surface area contributed by atoms with Gasteiger partial charge in [-0.1, -0.05) is 80.6 Å². The number of carbonyl (C=O) groups excluding carboxylic acids is 3. The van der Waals surface area contributed by atoms with Crippen molar-refractivity contribution in [3.05, 3.63) is 165 Å². The van der Waals surface area contributed by atoms with Gasteiger partial charge in [-0.2, -0.15) is 0 Å². The molecule has 0 saturated carbocycles. The summed E-state index contributed by atoms with van der Waals surface area (Å²) < 4.78 is 34.2. The van der Waals surface area contributed by atoms with Crippen molar-refractivity contribution in [2.24, 2.45) is 5.92 Å². The van der Waals surface area contributed by atoms with Crippen LogP contribution in [-0.4, -0.2) is 114 Å². The number of nitro groups is 1. The lowest BCUT2D eigenvalue weighted by Gasteiger charge is -2.29. The Labute approximate surface area is 445 Å². The monoisotopic (exact) mass is 1050 g/mol. The number of nitrogens with one attached hydrogen (secondary N) is 1. The molecule has 4 aromatic carbocycles. The van der Waals surface area contributed by atoms with Crippen molar-refractivity contribution in [3.8, 4) is 22.1 Å². The van der Waals surface area contributed by atoms with Crippen LogP contribution in [-0.2, 0) is 35.1 Å². The number of aliphatic hydroxyl groups excluding tert-OH is 1. The second kappa shape index (κ2) is 26.3. The van der Waals surface area contributed by atoms with E-state index < -0.39 is 23.0 Å². The molecule has 3 amide bonds. The second-order valence-corrected chi connectivity index (χ2v) is 19.5. The molecule has 19 heteroatoms. The predicted molar refractivity (Wildman–Crippen MR) is 287 cm³/mol. The van der Waals surface area contributed by atoms with Crippen LogP contribution >= 0.6 is 11.3 Å². The number of anilines is 1. The summed E-state index contributed by atoms with van der Waals surface area (Å²) in [7, 11) is 0. The maximum absolute atomic E-state index is 14.1. The molecular weight excluding hydrogens is 993 g/mol. The van der Waals surface area contributed by atoms with Crippen LogP contribution < -0.4 is 19.7 Å². The van der Waals surface area contributed by atoms with E-state index in [2.05, 4.69) is 15.5 Å². The van der Waals surface area contributed by atoms with Crippen molar-refractivity contribution < 1.29 is 52.6 Å². The van der Waals surface area contributed by atoms with Gasteiger partial charge >= 0.3 is 0 Å². The molecule has 398 valence electrons. The van der Waals surface area contributed by atoms with Crippen molar-refractivity contribution >= 4 is 52.1 Å². The summed E-state index contributed by atoms with van der Waals surface area (Å²) in [5.41, 5.74) is 8.71. The summed E-state index contributed by atoms with van der Waals surface area (Å²) in [4.78, 5) is 60.5. The minimum Gasteiger partial charge on any atom is -0.491 e. The molecule has 18 nitrogen and oxygen atoms in total. The average Bonchev–Trinajstić information content (AvgIpc) is 4.26. The Balaban J connectivity index is 0.682. The van der Waals surface area contributed by atoms with Crippen LogP contribution in [0.15, 0.2) is 125 Å². The van der Waals surface area contributed by atoms with E-state index in [0.29, 0.717) is 63.3 Å². The number of likely N-dealkylation sites (tertiary alicyclic amines) is 1. The van der Waals surface area contributed by atoms with E-state index in [4.69, 9.17) is 28.2 Å². The normalized spacial score (nSPS) is 16.7. The first-order valence-electron chi connectivity index (χ1n) is 25.2. The van der Waals surface area contributed by atoms with Gasteiger partial charge in [-0.3, -0.25) is 24.5 Å². The molecule has 1 unspecified atom stereocenters. The highest BCUT2D eigenvalue weighted by Gasteiger charge is 2.43. The van der Waals surface area contributed by atoms with Gasteiger partial charge in [-0.15, -0.1) is 11.3 Å². The molecule has 76 heavy (non-hydrogen) atoms. The summed E-state index contributed by atoms with van der Waals surface area (Å²) in [5.74, 6) is -0.580. The number of para-hydroxylation sites is 1. The number of nitro benzene ring substituents is 1. The van der Waals surface area contributed by atoms with Gasteiger partial charge in [0.05, 0.1) is 85.0 Å². The largest absolute Gasteiger partial charge is 0.491 e. The highest BCUT2D eigenvalue weighted by Crippen LogP contribution is 2.38. The third-order valence-electron chi connectivity index (χ3n) is 13.0. The number of thiazole rings is 1. The summed E-state index contributed by atoms with van der Waals surface area (Å²) in [5, 5.41) is 28.7. The number of allylic oxidation sites excluding steroid dienone is 2. The molecule has 4 heterocycles. The van der Waals surface area contributed by atoms with E-state index in [0.717, 1.165) is 44.1 Å². The lowest BCUT2D eigenvalue weighted by molar-refractivity contribution is -0.384. The molecule has 2 N–H and O–H groups in total. The number of β-amino-alcohol motifs (C(OH)–C–C–N with tert-alkyl or cyclic N) is 1. The number of hydrogen-bond donors (Lipinski definition) is 2. The van der Waals surface area contributed by atoms with Crippen molar-refractivity contribution in [1.29, 1.82) is 0 Å². The summed E-state index contributed by atoms with van der Waals surface area (Å²) in [6.45, 7) is 10.6. The Hall–Kier alpha value is -7.55. The van der Waals surface area contributed by atoms with E-state index in [1.54, 1.807) is 52.7 Å². The smallest absolute Gasteiger partial charge is 0.269 e. The van der Waals surface area contributed by atoms with Gasteiger partial charge in [0, 0.05) is 42.3 Å². The topological polar surface area (TPSA) is 218 Å². The number of hydrogen-bond acceptors (Lipinski definition) is 15. The summed E-state index contributed by atoms with van der Waals surface area (Å²) >= 11 is 1.58. The Kier molecular flexibility index (Phi) is 18.9. The molecular formula is C57H62N6O12S. The third kappa shape index (κ3) is 14.0. The van der Waals surface area contributed by atoms with Crippen LogP contribution in [0.2, 0.25) is 0 Å². The minimum absolute atomic E-state index is 0.0185. The van der Waals surface area contributed by atoms with E-state index in [-0.39, 0.29) is 67.4 Å². The zero-order valence-electron chi connectivity index (χ0n) is 42.9. The zero-order chi connectivity index (χ0) is 53.6. The van der Waals surface area contributed by atoms with Gasteiger partial charge in [0.15, 0.2) is 5.76 Å². The molecule has 6 aromatic rings. The van der Waals surface area contributed by atoms with Gasteiger partial charge in [-0.25, -0.2) is 4.98 Å². The summed E-state index contributed by atoms with van der Waals surface area (Å²) in [6.07, 6.45) is 4.63. The van der Waals surface area contributed by atoms with Crippen molar-refractivity contribution in [3.63, 3.8) is 0 Å². The number of rotatable bonds is 26. The average molecular weight is 1060 g/mol. The number of aryl methyl sites for hydroxylation is 1. The lowest BCUT2D eigenvalue weighted by Crippen LogP contribution is -2.48. The Morgan fingerprint density at radius 2 is 1.57 bits per heavy atom. The van der Waals surface area contributed by atoms with Crippen LogP contribution in [0.1, 0.15) is 72.9 Å². The van der Waals surface area contributed by atoms with Crippen LogP contribution in [0.3, 0.4) is 0 Å². The third-order valence-corrected chi connectivity index (χ3v) is 14.0. The number of nitrogens with zero attached hydrogens (tertiary/aromatic N) is 5. The van der Waals surface area contributed by atoms with Gasteiger partial charge in [0.25, 0.3) is 17.5 Å². The van der Waals surface area contributed by atoms with E-state index in [1.807, 2.05) is 106 Å². The molecule has 2 aliphatic heterocycles. The number of aromatic nitrogens is 2. The standard InChI is InChI=1S/C57H62N6O12S/c1-37(2)53(57(67)62-35-45(64)32-50(62)55(65)59-38(3)42-16-18-43(19-17-42)54-39(4)58-36-76-54)51-33-52(60-75-51)74-31-29-72-27-25-70-24-26-71-28-30-73-46-22-14-41(15-23-46)34-61-49-11-6-5-9-47(49)48(56(61)66)10-7-8-40-12-20-44(21-13-40)63(68)69/h5-23,33,36-38,45,50,53,64H,24-32,34-35H2,1-4H3,(H,59,65)/b8-7+,48-10?/t38-,45+,50-,53?/m0/s1. The van der Waals surface area contributed by atoms with Gasteiger partial charge < -0.3 is 48.4 Å². The second-order valence-electron chi connectivity index (χ2n) is 18.7. The fourth-order valence-electron chi connectivity index (χ4n) is 9.03. The van der Waals surface area contributed by atoms with Crippen LogP contribution in [0.4, 0.5) is 11.4 Å².